The molecule has 0 aliphatic heterocycles. The van der Waals surface area contributed by atoms with Crippen molar-refractivity contribution >= 4 is 21.4 Å². The zero-order valence-corrected chi connectivity index (χ0v) is 13.0. The number of thiophene rings is 1. The second-order valence-electron chi connectivity index (χ2n) is 5.53. The Bertz CT molecular complexity index is 609. The lowest BCUT2D eigenvalue weighted by molar-refractivity contribution is 0.283. The predicted octanol–water partition coefficient (Wildman–Crippen LogP) is 2.57. The summed E-state index contributed by atoms with van der Waals surface area (Å²) in [7, 11) is -1.67. The van der Waals surface area contributed by atoms with E-state index in [9.17, 15) is 8.42 Å². The Kier molecular flexibility index (Phi) is 3.74. The van der Waals surface area contributed by atoms with Gasteiger partial charge in [-0.15, -0.1) is 11.3 Å². The molecular formula is C13H18N2O2S2. The molecule has 0 spiro atoms. The van der Waals surface area contributed by atoms with Crippen molar-refractivity contribution in [2.75, 3.05) is 7.05 Å². The number of hydrogen-bond donors (Lipinski definition) is 0. The van der Waals surface area contributed by atoms with Gasteiger partial charge in [0.2, 0.25) is 10.0 Å². The summed E-state index contributed by atoms with van der Waals surface area (Å²) in [6.07, 6.45) is 2.18. The smallest absolute Gasteiger partial charge is 0.212 e. The Balaban J connectivity index is 2.11. The molecular weight excluding hydrogens is 280 g/mol. The van der Waals surface area contributed by atoms with Gasteiger partial charge in [-0.3, -0.25) is 0 Å². The largest absolute Gasteiger partial charge is 0.218 e. The average Bonchev–Trinajstić information content (AvgIpc) is 2.95. The van der Waals surface area contributed by atoms with Crippen molar-refractivity contribution in [1.82, 2.24) is 4.31 Å². The van der Waals surface area contributed by atoms with Crippen LogP contribution in [0.2, 0.25) is 0 Å². The lowest BCUT2D eigenvalue weighted by Crippen LogP contribution is -2.40. The van der Waals surface area contributed by atoms with Crippen molar-refractivity contribution in [3.8, 4) is 6.07 Å². The molecule has 6 heteroatoms. The minimum Gasteiger partial charge on any atom is -0.212 e. The third-order valence-electron chi connectivity index (χ3n) is 4.14. The van der Waals surface area contributed by atoms with E-state index in [1.54, 1.807) is 18.5 Å². The Morgan fingerprint density at radius 2 is 2.21 bits per heavy atom. The lowest BCUT2D eigenvalue weighted by atomic mass is 10.0. The van der Waals surface area contributed by atoms with Gasteiger partial charge in [-0.1, -0.05) is 6.92 Å². The Labute approximate surface area is 118 Å². The minimum atomic E-state index is -3.32. The highest BCUT2D eigenvalue weighted by Gasteiger charge is 2.46. The number of sulfonamides is 1. The highest BCUT2D eigenvalue weighted by atomic mass is 32.2. The van der Waals surface area contributed by atoms with E-state index in [0.29, 0.717) is 10.4 Å². The molecule has 0 bridgehead atoms. The molecule has 0 aromatic carbocycles. The predicted molar refractivity (Wildman–Crippen MR) is 76.2 cm³/mol. The zero-order chi connectivity index (χ0) is 14.3. The van der Waals surface area contributed by atoms with Crippen molar-refractivity contribution in [3.63, 3.8) is 0 Å². The third kappa shape index (κ3) is 2.99. The Morgan fingerprint density at radius 1 is 1.58 bits per heavy atom. The van der Waals surface area contributed by atoms with Crippen LogP contribution >= 0.6 is 11.3 Å². The summed E-state index contributed by atoms with van der Waals surface area (Å²) in [5, 5.41) is 10.5. The van der Waals surface area contributed by atoms with Crippen LogP contribution in [0.15, 0.2) is 11.4 Å². The van der Waals surface area contributed by atoms with Crippen molar-refractivity contribution in [2.24, 2.45) is 5.41 Å². The van der Waals surface area contributed by atoms with Gasteiger partial charge in [0.1, 0.15) is 10.9 Å². The second kappa shape index (κ2) is 4.89. The molecule has 0 amide bonds. The number of nitriles is 1. The maximum absolute atomic E-state index is 12.4. The SMILES string of the molecule is CC(N(C)S(=O)(=O)Cc1csc(C#N)c1)C1(C)CC1. The van der Waals surface area contributed by atoms with Crippen LogP contribution in [-0.2, 0) is 15.8 Å². The zero-order valence-electron chi connectivity index (χ0n) is 11.4. The summed E-state index contributed by atoms with van der Waals surface area (Å²) in [6.45, 7) is 4.10. The van der Waals surface area contributed by atoms with Gasteiger partial charge in [0.05, 0.1) is 5.75 Å². The van der Waals surface area contributed by atoms with Crippen LogP contribution in [0, 0.1) is 16.7 Å². The molecule has 4 nitrogen and oxygen atoms in total. The first-order chi connectivity index (χ1) is 8.78. The van der Waals surface area contributed by atoms with Crippen LogP contribution < -0.4 is 0 Å². The highest BCUT2D eigenvalue weighted by molar-refractivity contribution is 7.88. The molecule has 2 rings (SSSR count). The summed E-state index contributed by atoms with van der Waals surface area (Å²) in [5.41, 5.74) is 0.829. The second-order valence-corrected chi connectivity index (χ2v) is 8.47. The molecule has 1 aliphatic rings. The first kappa shape index (κ1) is 14.5. The van der Waals surface area contributed by atoms with E-state index in [1.807, 2.05) is 13.0 Å². The molecule has 1 aliphatic carbocycles. The van der Waals surface area contributed by atoms with E-state index in [1.165, 1.54) is 15.6 Å². The molecule has 1 unspecified atom stereocenters. The standard InChI is InChI=1S/C13H18N2O2S2/c1-10(13(2)4-5-13)15(3)19(16,17)9-11-6-12(7-14)18-8-11/h6,8,10H,4-5,9H2,1-3H3. The molecule has 0 saturated heterocycles. The van der Waals surface area contributed by atoms with Crippen LogP contribution in [0.4, 0.5) is 0 Å². The van der Waals surface area contributed by atoms with E-state index in [0.717, 1.165) is 12.8 Å². The van der Waals surface area contributed by atoms with Crippen molar-refractivity contribution in [3.05, 3.63) is 21.9 Å². The van der Waals surface area contributed by atoms with E-state index in [2.05, 4.69) is 6.92 Å². The number of rotatable bonds is 5. The van der Waals surface area contributed by atoms with Gasteiger partial charge in [0, 0.05) is 13.1 Å². The lowest BCUT2D eigenvalue weighted by Gasteiger charge is -2.29. The molecule has 1 aromatic rings. The summed E-state index contributed by atoms with van der Waals surface area (Å²) in [4.78, 5) is 0.551. The van der Waals surface area contributed by atoms with Crippen LogP contribution in [0.5, 0.6) is 0 Å². The maximum atomic E-state index is 12.4. The molecule has 0 N–H and O–H groups in total. The van der Waals surface area contributed by atoms with Gasteiger partial charge < -0.3 is 0 Å². The van der Waals surface area contributed by atoms with Gasteiger partial charge in [-0.05, 0) is 42.2 Å². The van der Waals surface area contributed by atoms with Crippen LogP contribution in [0.3, 0.4) is 0 Å². The van der Waals surface area contributed by atoms with Gasteiger partial charge in [0.25, 0.3) is 0 Å². The maximum Gasteiger partial charge on any atom is 0.218 e. The molecule has 1 fully saturated rings. The van der Waals surface area contributed by atoms with Gasteiger partial charge in [-0.25, -0.2) is 12.7 Å². The molecule has 1 saturated carbocycles. The summed E-state index contributed by atoms with van der Waals surface area (Å²) >= 11 is 1.28. The molecule has 19 heavy (non-hydrogen) atoms. The minimum absolute atomic E-state index is 0.0200. The molecule has 0 radical (unpaired) electrons. The molecule has 1 atom stereocenters. The molecule has 1 heterocycles. The van der Waals surface area contributed by atoms with Crippen LogP contribution in [0.25, 0.3) is 0 Å². The summed E-state index contributed by atoms with van der Waals surface area (Å²) in [6, 6.07) is 3.70. The first-order valence-electron chi connectivity index (χ1n) is 6.22. The van der Waals surface area contributed by atoms with E-state index >= 15 is 0 Å². The Morgan fingerprint density at radius 3 is 2.68 bits per heavy atom. The average molecular weight is 298 g/mol. The summed E-state index contributed by atoms with van der Waals surface area (Å²) < 4.78 is 26.2. The fourth-order valence-corrected chi connectivity index (χ4v) is 4.45. The normalized spacial score (nSPS) is 19.1. The fraction of sp³-hybridized carbons (Fsp3) is 0.615. The highest BCUT2D eigenvalue weighted by Crippen LogP contribution is 2.50. The van der Waals surface area contributed by atoms with Crippen molar-refractivity contribution < 1.29 is 8.42 Å². The topological polar surface area (TPSA) is 61.2 Å². The van der Waals surface area contributed by atoms with E-state index < -0.39 is 10.0 Å². The van der Waals surface area contributed by atoms with Gasteiger partial charge in [-0.2, -0.15) is 5.26 Å². The van der Waals surface area contributed by atoms with Crippen molar-refractivity contribution in [1.29, 1.82) is 5.26 Å². The third-order valence-corrected chi connectivity index (χ3v) is 6.92. The Hall–Kier alpha value is -0.900. The first-order valence-corrected chi connectivity index (χ1v) is 8.70. The van der Waals surface area contributed by atoms with Crippen LogP contribution in [0.1, 0.15) is 37.1 Å². The van der Waals surface area contributed by atoms with Gasteiger partial charge in [0.15, 0.2) is 0 Å². The van der Waals surface area contributed by atoms with Crippen LogP contribution in [-0.4, -0.2) is 25.8 Å². The fourth-order valence-electron chi connectivity index (χ4n) is 2.12. The molecule has 104 valence electrons. The number of nitrogens with zero attached hydrogens (tertiary/aromatic N) is 2. The van der Waals surface area contributed by atoms with E-state index in [-0.39, 0.29) is 17.2 Å². The monoisotopic (exact) mass is 298 g/mol. The quantitative estimate of drug-likeness (QED) is 0.839. The van der Waals surface area contributed by atoms with Gasteiger partial charge >= 0.3 is 0 Å². The van der Waals surface area contributed by atoms with E-state index in [4.69, 9.17) is 5.26 Å². The van der Waals surface area contributed by atoms with Crippen molar-refractivity contribution in [2.45, 2.75) is 38.5 Å². The summed E-state index contributed by atoms with van der Waals surface area (Å²) in [5.74, 6) is -0.0257. The molecule has 1 aromatic heterocycles. The number of hydrogen-bond acceptors (Lipinski definition) is 4.